The van der Waals surface area contributed by atoms with Crippen LogP contribution in [0.25, 0.3) is 11.1 Å². The average Bonchev–Trinajstić information content (AvgIpc) is 3.30. The maximum Gasteiger partial charge on any atom is 0.416 e. The summed E-state index contributed by atoms with van der Waals surface area (Å²) in [5.41, 5.74) is 4.29. The van der Waals surface area contributed by atoms with Crippen LogP contribution in [0.15, 0.2) is 47.5 Å². The van der Waals surface area contributed by atoms with E-state index in [-0.39, 0.29) is 28.3 Å². The first-order chi connectivity index (χ1) is 18.5. The molecule has 0 atom stereocenters. The number of rotatable bonds is 6. The van der Waals surface area contributed by atoms with Gasteiger partial charge in [-0.1, -0.05) is 6.07 Å². The molecular formula is C25H24F5N7O2. The molecule has 1 aliphatic rings. The van der Waals surface area contributed by atoms with Gasteiger partial charge in [0.25, 0.3) is 0 Å². The number of aromatic amines is 1. The highest BCUT2D eigenvalue weighted by Crippen LogP contribution is 2.33. The number of hydrogen-bond donors (Lipinski definition) is 5. The molecule has 14 heteroatoms. The monoisotopic (exact) mass is 549 g/mol. The molecular weight excluding hydrogens is 525 g/mol. The highest BCUT2D eigenvalue weighted by atomic mass is 19.4. The Kier molecular flexibility index (Phi) is 8.26. The van der Waals surface area contributed by atoms with Crippen LogP contribution in [0.5, 0.6) is 0 Å². The Morgan fingerprint density at radius 3 is 2.54 bits per heavy atom. The fourth-order valence-electron chi connectivity index (χ4n) is 4.04. The van der Waals surface area contributed by atoms with E-state index in [0.717, 1.165) is 30.6 Å². The lowest BCUT2D eigenvalue weighted by molar-refractivity contribution is -0.137. The molecule has 0 bridgehead atoms. The van der Waals surface area contributed by atoms with E-state index in [1.54, 1.807) is 6.07 Å². The van der Waals surface area contributed by atoms with Gasteiger partial charge in [-0.25, -0.2) is 18.6 Å². The van der Waals surface area contributed by atoms with E-state index in [9.17, 15) is 18.0 Å². The normalized spacial score (nSPS) is 14.5. The molecule has 2 amide bonds. The molecule has 0 saturated carbocycles. The standard InChI is InChI=1S/C25H24F5N7O2/c26-19-11-21(36-24(38)35-15-3-1-2-14(8-15)25(28,29)30)20(27)10-17(19)18-9-16(12-37-4-6-39-7-5-37)34-22(18)23(32)33-13-31/h1-3,8-11,13,34H,4-7,12H2,(H3,31,32,33)(H2,35,36,38). The second-order valence-corrected chi connectivity index (χ2v) is 8.57. The van der Waals surface area contributed by atoms with Crippen LogP contribution in [-0.2, 0) is 17.5 Å². The van der Waals surface area contributed by atoms with E-state index in [1.807, 2.05) is 0 Å². The summed E-state index contributed by atoms with van der Waals surface area (Å²) in [6, 6.07) is 5.95. The molecule has 0 spiro atoms. The van der Waals surface area contributed by atoms with E-state index in [2.05, 4.69) is 25.5 Å². The number of aromatic nitrogens is 1. The Morgan fingerprint density at radius 2 is 1.85 bits per heavy atom. The molecule has 39 heavy (non-hydrogen) atoms. The first-order valence-corrected chi connectivity index (χ1v) is 11.6. The predicted octanol–water partition coefficient (Wildman–Crippen LogP) is 4.77. The third-order valence-electron chi connectivity index (χ3n) is 5.85. The molecule has 0 aliphatic carbocycles. The Hall–Kier alpha value is -4.30. The minimum Gasteiger partial charge on any atom is -0.390 e. The Morgan fingerprint density at radius 1 is 1.10 bits per heavy atom. The van der Waals surface area contributed by atoms with E-state index in [1.165, 1.54) is 6.07 Å². The zero-order valence-corrected chi connectivity index (χ0v) is 20.3. The van der Waals surface area contributed by atoms with Crippen LogP contribution >= 0.6 is 0 Å². The number of alkyl halides is 3. The van der Waals surface area contributed by atoms with Crippen molar-refractivity contribution in [2.75, 3.05) is 36.9 Å². The number of amidine groups is 1. The van der Waals surface area contributed by atoms with Crippen LogP contribution in [-0.4, -0.2) is 54.4 Å². The molecule has 3 aromatic rings. The summed E-state index contributed by atoms with van der Waals surface area (Å²) in [4.78, 5) is 21.1. The van der Waals surface area contributed by atoms with Gasteiger partial charge in [-0.2, -0.15) is 13.2 Å². The quantitative estimate of drug-likeness (QED) is 0.172. The van der Waals surface area contributed by atoms with Gasteiger partial charge in [-0.15, -0.1) is 0 Å². The van der Waals surface area contributed by atoms with Crippen LogP contribution < -0.4 is 16.4 Å². The average molecular weight is 550 g/mol. The second kappa shape index (κ2) is 11.6. The first-order valence-electron chi connectivity index (χ1n) is 11.6. The van der Waals surface area contributed by atoms with Gasteiger partial charge in [0.05, 0.1) is 36.5 Å². The summed E-state index contributed by atoms with van der Waals surface area (Å²) in [6.07, 6.45) is -3.72. The van der Waals surface area contributed by atoms with Gasteiger partial charge in [-0.05, 0) is 30.3 Å². The number of morpholine rings is 1. The van der Waals surface area contributed by atoms with Gasteiger partial charge in [0.1, 0.15) is 11.6 Å². The third kappa shape index (κ3) is 6.78. The van der Waals surface area contributed by atoms with E-state index < -0.39 is 35.1 Å². The maximum atomic E-state index is 15.2. The topological polar surface area (TPSA) is 132 Å². The zero-order chi connectivity index (χ0) is 28.2. The molecule has 1 aromatic heterocycles. The van der Waals surface area contributed by atoms with Crippen molar-refractivity contribution in [2.24, 2.45) is 10.7 Å². The Labute approximate surface area is 219 Å². The maximum absolute atomic E-state index is 15.2. The van der Waals surface area contributed by atoms with Crippen molar-refractivity contribution in [1.82, 2.24) is 9.88 Å². The molecule has 2 aromatic carbocycles. The minimum absolute atomic E-state index is 0.112. The van der Waals surface area contributed by atoms with Gasteiger partial charge < -0.3 is 26.1 Å². The summed E-state index contributed by atoms with van der Waals surface area (Å²) in [6.45, 7) is 2.91. The van der Waals surface area contributed by atoms with Crippen LogP contribution in [0.4, 0.5) is 38.1 Å². The highest BCUT2D eigenvalue weighted by Gasteiger charge is 2.30. The Balaban J connectivity index is 1.57. The van der Waals surface area contributed by atoms with Gasteiger partial charge in [0.2, 0.25) is 0 Å². The molecule has 206 valence electrons. The number of ether oxygens (including phenoxy) is 1. The summed E-state index contributed by atoms with van der Waals surface area (Å²) < 4.78 is 74.3. The number of halogens is 5. The predicted molar refractivity (Wildman–Crippen MR) is 136 cm³/mol. The van der Waals surface area contributed by atoms with E-state index in [0.29, 0.717) is 44.6 Å². The molecule has 0 unspecified atom stereocenters. The fraction of sp³-hybridized carbons (Fsp3) is 0.240. The minimum atomic E-state index is -4.62. The highest BCUT2D eigenvalue weighted by molar-refractivity contribution is 6.05. The van der Waals surface area contributed by atoms with Crippen molar-refractivity contribution < 1.29 is 31.5 Å². The summed E-state index contributed by atoms with van der Waals surface area (Å²) >= 11 is 0. The Bertz CT molecular complexity index is 1400. The first kappa shape index (κ1) is 27.7. The van der Waals surface area contributed by atoms with E-state index in [4.69, 9.17) is 15.9 Å². The lowest BCUT2D eigenvalue weighted by atomic mass is 10.0. The van der Waals surface area contributed by atoms with Crippen molar-refractivity contribution in [3.63, 3.8) is 0 Å². The number of urea groups is 1. The lowest BCUT2D eigenvalue weighted by Crippen LogP contribution is -2.35. The second-order valence-electron chi connectivity index (χ2n) is 8.57. The summed E-state index contributed by atoms with van der Waals surface area (Å²) in [5.74, 6) is -2.24. The molecule has 1 fully saturated rings. The molecule has 1 aliphatic heterocycles. The number of nitrogens with zero attached hydrogens (tertiary/aromatic N) is 2. The molecule has 0 radical (unpaired) electrons. The van der Waals surface area contributed by atoms with Gasteiger partial charge in [-0.3, -0.25) is 10.3 Å². The number of benzene rings is 2. The van der Waals surface area contributed by atoms with Crippen molar-refractivity contribution in [3.8, 4) is 11.1 Å². The van der Waals surface area contributed by atoms with Crippen molar-refractivity contribution >= 4 is 29.6 Å². The fourth-order valence-corrected chi connectivity index (χ4v) is 4.04. The number of H-pyrrole nitrogens is 1. The van der Waals surface area contributed by atoms with Crippen molar-refractivity contribution in [3.05, 3.63) is 71.1 Å². The van der Waals surface area contributed by atoms with Gasteiger partial charge in [0, 0.05) is 48.2 Å². The van der Waals surface area contributed by atoms with Crippen LogP contribution in [0.1, 0.15) is 17.0 Å². The number of nitrogens with one attached hydrogen (secondary N) is 4. The molecule has 1 saturated heterocycles. The zero-order valence-electron chi connectivity index (χ0n) is 20.3. The number of carbonyl (C=O) groups excluding carboxylic acids is 1. The number of nitrogens with two attached hydrogens (primary N) is 1. The number of anilines is 2. The molecule has 9 nitrogen and oxygen atoms in total. The smallest absolute Gasteiger partial charge is 0.390 e. The molecule has 4 rings (SSSR count). The van der Waals surface area contributed by atoms with Gasteiger partial charge in [0.15, 0.2) is 5.84 Å². The number of aliphatic imine (C=N–C) groups is 1. The third-order valence-corrected chi connectivity index (χ3v) is 5.85. The van der Waals surface area contributed by atoms with Gasteiger partial charge >= 0.3 is 12.2 Å². The van der Waals surface area contributed by atoms with Crippen LogP contribution in [0.2, 0.25) is 0 Å². The van der Waals surface area contributed by atoms with Crippen LogP contribution in [0.3, 0.4) is 0 Å². The number of hydrogen-bond acceptors (Lipinski definition) is 4. The van der Waals surface area contributed by atoms with E-state index >= 15 is 8.78 Å². The number of amides is 2. The molecule has 6 N–H and O–H groups in total. The van der Waals surface area contributed by atoms with Crippen LogP contribution in [0, 0.1) is 17.0 Å². The number of carbonyl (C=O) groups is 1. The van der Waals surface area contributed by atoms with Crippen molar-refractivity contribution in [2.45, 2.75) is 12.7 Å². The molecule has 2 heterocycles. The van der Waals surface area contributed by atoms with Crippen molar-refractivity contribution in [1.29, 1.82) is 5.41 Å². The summed E-state index contributed by atoms with van der Waals surface area (Å²) in [5, 5.41) is 12.4. The largest absolute Gasteiger partial charge is 0.416 e. The SMILES string of the molecule is N=C(N=CN)c1[nH]c(CN2CCOCC2)cc1-c1cc(F)c(NC(=O)Nc2cccc(C(F)(F)F)c2)cc1F. The lowest BCUT2D eigenvalue weighted by Gasteiger charge is -2.25. The summed E-state index contributed by atoms with van der Waals surface area (Å²) in [7, 11) is 0.